The highest BCUT2D eigenvalue weighted by atomic mass is 79.9. The van der Waals surface area contributed by atoms with E-state index in [-0.39, 0.29) is 16.5 Å². The second-order valence-electron chi connectivity index (χ2n) is 3.48. The standard InChI is InChI=1S/C10H9BrClN3O2S/c11-7-1-2-10(9(12)3-7)18(16,17)15-5-8-4-13-6-14-8/h1-4,6,15H,5H2,(H,13,14). The third kappa shape index (κ3) is 3.11. The van der Waals surface area contributed by atoms with Crippen molar-refractivity contribution in [1.82, 2.24) is 14.7 Å². The summed E-state index contributed by atoms with van der Waals surface area (Å²) in [4.78, 5) is 6.66. The van der Waals surface area contributed by atoms with Crippen molar-refractivity contribution in [2.45, 2.75) is 11.4 Å². The van der Waals surface area contributed by atoms with E-state index in [9.17, 15) is 8.42 Å². The molecule has 0 bridgehead atoms. The highest BCUT2D eigenvalue weighted by Crippen LogP contribution is 2.25. The summed E-state index contributed by atoms with van der Waals surface area (Å²) in [6.45, 7) is 0.134. The molecule has 0 atom stereocenters. The van der Waals surface area contributed by atoms with Crippen molar-refractivity contribution < 1.29 is 8.42 Å². The molecule has 5 nitrogen and oxygen atoms in total. The van der Waals surface area contributed by atoms with Gasteiger partial charge in [-0.2, -0.15) is 0 Å². The van der Waals surface area contributed by atoms with Crippen LogP contribution < -0.4 is 4.72 Å². The van der Waals surface area contributed by atoms with E-state index in [0.717, 1.165) is 4.47 Å². The molecule has 0 radical (unpaired) electrons. The lowest BCUT2D eigenvalue weighted by Gasteiger charge is -2.07. The molecule has 2 N–H and O–H groups in total. The molecule has 0 fully saturated rings. The van der Waals surface area contributed by atoms with Gasteiger partial charge in [-0.3, -0.25) is 0 Å². The molecule has 0 aliphatic heterocycles. The first-order valence-corrected chi connectivity index (χ1v) is 7.56. The summed E-state index contributed by atoms with van der Waals surface area (Å²) in [7, 11) is -3.63. The van der Waals surface area contributed by atoms with Gasteiger partial charge in [0.15, 0.2) is 0 Å². The number of H-pyrrole nitrogens is 1. The summed E-state index contributed by atoms with van der Waals surface area (Å²) in [5, 5.41) is 0.168. The zero-order valence-corrected chi connectivity index (χ0v) is 12.2. The quantitative estimate of drug-likeness (QED) is 0.888. The summed E-state index contributed by atoms with van der Waals surface area (Å²) in [5.41, 5.74) is 0.673. The monoisotopic (exact) mass is 349 g/mol. The second-order valence-corrected chi connectivity index (χ2v) is 6.53. The Morgan fingerprint density at radius 2 is 2.22 bits per heavy atom. The van der Waals surface area contributed by atoms with Gasteiger partial charge in [-0.1, -0.05) is 27.5 Å². The van der Waals surface area contributed by atoms with E-state index in [1.54, 1.807) is 12.3 Å². The molecule has 0 amide bonds. The van der Waals surface area contributed by atoms with E-state index in [2.05, 4.69) is 30.6 Å². The van der Waals surface area contributed by atoms with Crippen molar-refractivity contribution in [2.75, 3.05) is 0 Å². The number of aromatic nitrogens is 2. The van der Waals surface area contributed by atoms with Crippen molar-refractivity contribution in [1.29, 1.82) is 0 Å². The normalized spacial score (nSPS) is 11.7. The van der Waals surface area contributed by atoms with Crippen LogP contribution in [0.2, 0.25) is 5.02 Å². The van der Waals surface area contributed by atoms with Gasteiger partial charge in [0.1, 0.15) is 4.90 Å². The first-order valence-electron chi connectivity index (χ1n) is 4.91. The van der Waals surface area contributed by atoms with Gasteiger partial charge in [0, 0.05) is 16.4 Å². The van der Waals surface area contributed by atoms with Crippen molar-refractivity contribution in [2.24, 2.45) is 0 Å². The minimum Gasteiger partial charge on any atom is -0.347 e. The van der Waals surface area contributed by atoms with E-state index in [0.29, 0.717) is 5.69 Å². The van der Waals surface area contributed by atoms with Crippen LogP contribution in [0.3, 0.4) is 0 Å². The molecule has 1 heterocycles. The number of hydrogen-bond donors (Lipinski definition) is 2. The van der Waals surface area contributed by atoms with E-state index in [1.165, 1.54) is 18.5 Å². The molecular formula is C10H9BrClN3O2S. The molecule has 0 unspecified atom stereocenters. The lowest BCUT2D eigenvalue weighted by molar-refractivity contribution is 0.580. The van der Waals surface area contributed by atoms with Gasteiger partial charge in [-0.15, -0.1) is 0 Å². The summed E-state index contributed by atoms with van der Waals surface area (Å²) in [5.74, 6) is 0. The molecule has 2 rings (SSSR count). The molecule has 1 aromatic carbocycles. The maximum Gasteiger partial charge on any atom is 0.242 e. The minimum atomic E-state index is -3.63. The number of imidazole rings is 1. The minimum absolute atomic E-state index is 0.0480. The molecule has 0 saturated heterocycles. The Kier molecular flexibility index (Phi) is 4.06. The highest BCUT2D eigenvalue weighted by Gasteiger charge is 2.17. The lowest BCUT2D eigenvalue weighted by atomic mass is 10.4. The molecule has 0 aliphatic carbocycles. The van der Waals surface area contributed by atoms with Gasteiger partial charge >= 0.3 is 0 Å². The van der Waals surface area contributed by atoms with Gasteiger partial charge in [0.05, 0.1) is 17.9 Å². The number of nitrogens with one attached hydrogen (secondary N) is 2. The zero-order valence-electron chi connectivity index (χ0n) is 9.02. The topological polar surface area (TPSA) is 74.8 Å². The smallest absolute Gasteiger partial charge is 0.242 e. The Morgan fingerprint density at radius 3 is 2.83 bits per heavy atom. The van der Waals surface area contributed by atoms with Gasteiger partial charge < -0.3 is 4.98 Å². The van der Waals surface area contributed by atoms with Crippen LogP contribution in [-0.2, 0) is 16.6 Å². The van der Waals surface area contributed by atoms with Crippen LogP contribution in [0.25, 0.3) is 0 Å². The molecule has 0 spiro atoms. The predicted molar refractivity (Wildman–Crippen MR) is 71.8 cm³/mol. The van der Waals surface area contributed by atoms with E-state index < -0.39 is 10.0 Å². The fraction of sp³-hybridized carbons (Fsp3) is 0.100. The Hall–Kier alpha value is -0.890. The maximum atomic E-state index is 12.0. The molecule has 8 heteroatoms. The van der Waals surface area contributed by atoms with Crippen LogP contribution in [0.5, 0.6) is 0 Å². The number of halogens is 2. The van der Waals surface area contributed by atoms with E-state index in [4.69, 9.17) is 11.6 Å². The Morgan fingerprint density at radius 1 is 1.44 bits per heavy atom. The molecule has 2 aromatic rings. The van der Waals surface area contributed by atoms with Crippen molar-refractivity contribution in [3.63, 3.8) is 0 Å². The number of hydrogen-bond acceptors (Lipinski definition) is 3. The lowest BCUT2D eigenvalue weighted by Crippen LogP contribution is -2.23. The van der Waals surface area contributed by atoms with Crippen molar-refractivity contribution in [3.8, 4) is 0 Å². The van der Waals surface area contributed by atoms with Gasteiger partial charge in [0.2, 0.25) is 10.0 Å². The largest absolute Gasteiger partial charge is 0.347 e. The van der Waals surface area contributed by atoms with Gasteiger partial charge in [-0.05, 0) is 18.2 Å². The second kappa shape index (κ2) is 5.40. The number of benzene rings is 1. The summed E-state index contributed by atoms with van der Waals surface area (Å²) in [6.07, 6.45) is 3.03. The maximum absolute atomic E-state index is 12.0. The molecule has 0 saturated carbocycles. The first-order chi connectivity index (χ1) is 8.49. The average molecular weight is 351 g/mol. The first kappa shape index (κ1) is 13.5. The molecule has 0 aliphatic rings. The molecular weight excluding hydrogens is 342 g/mol. The van der Waals surface area contributed by atoms with Crippen LogP contribution in [0.1, 0.15) is 5.69 Å². The Balaban J connectivity index is 2.20. The summed E-state index contributed by atoms with van der Waals surface area (Å²) >= 11 is 9.13. The predicted octanol–water partition coefficient (Wildman–Crippen LogP) is 2.30. The average Bonchev–Trinajstić information content (AvgIpc) is 2.78. The van der Waals surface area contributed by atoms with Crippen molar-refractivity contribution in [3.05, 3.63) is 45.9 Å². The third-order valence-electron chi connectivity index (χ3n) is 2.19. The van der Waals surface area contributed by atoms with Gasteiger partial charge in [-0.25, -0.2) is 18.1 Å². The Labute approximate surface area is 118 Å². The van der Waals surface area contributed by atoms with Crippen molar-refractivity contribution >= 4 is 37.6 Å². The zero-order chi connectivity index (χ0) is 13.2. The molecule has 18 heavy (non-hydrogen) atoms. The fourth-order valence-electron chi connectivity index (χ4n) is 1.33. The van der Waals surface area contributed by atoms with E-state index >= 15 is 0 Å². The SMILES string of the molecule is O=S(=O)(NCc1cnc[nH]1)c1ccc(Br)cc1Cl. The summed E-state index contributed by atoms with van der Waals surface area (Å²) < 4.78 is 27.2. The number of aromatic amines is 1. The highest BCUT2D eigenvalue weighted by molar-refractivity contribution is 9.10. The third-order valence-corrected chi connectivity index (χ3v) is 4.57. The molecule has 96 valence electrons. The molecule has 1 aromatic heterocycles. The van der Waals surface area contributed by atoms with Crippen LogP contribution >= 0.6 is 27.5 Å². The van der Waals surface area contributed by atoms with Crippen LogP contribution in [0.4, 0.5) is 0 Å². The summed E-state index contributed by atoms with van der Waals surface area (Å²) in [6, 6.07) is 4.60. The number of sulfonamides is 1. The van der Waals surface area contributed by atoms with Gasteiger partial charge in [0.25, 0.3) is 0 Å². The van der Waals surface area contributed by atoms with Crippen LogP contribution in [-0.4, -0.2) is 18.4 Å². The number of nitrogens with zero attached hydrogens (tertiary/aromatic N) is 1. The number of rotatable bonds is 4. The fourth-order valence-corrected chi connectivity index (χ4v) is 3.37. The van der Waals surface area contributed by atoms with E-state index in [1.807, 2.05) is 0 Å². The van der Waals surface area contributed by atoms with Crippen LogP contribution in [0.15, 0.2) is 40.1 Å². The van der Waals surface area contributed by atoms with Crippen LogP contribution in [0, 0.1) is 0 Å². The Bertz CT molecular complexity index is 643.